The fourth-order valence-corrected chi connectivity index (χ4v) is 2.24. The molecule has 0 saturated carbocycles. The van der Waals surface area contributed by atoms with Gasteiger partial charge in [-0.15, -0.1) is 0 Å². The number of rotatable bonds is 5. The van der Waals surface area contributed by atoms with Crippen molar-refractivity contribution in [2.75, 3.05) is 26.0 Å². The van der Waals surface area contributed by atoms with Gasteiger partial charge in [0.1, 0.15) is 0 Å². The van der Waals surface area contributed by atoms with Gasteiger partial charge in [-0.2, -0.15) is 13.2 Å². The van der Waals surface area contributed by atoms with Gasteiger partial charge < -0.3 is 10.2 Å². The number of hydrogen-bond acceptors (Lipinski definition) is 4. The highest BCUT2D eigenvalue weighted by molar-refractivity contribution is 5.31. The summed E-state index contributed by atoms with van der Waals surface area (Å²) in [5.41, 5.74) is 0.765. The van der Waals surface area contributed by atoms with E-state index in [1.165, 1.54) is 12.1 Å². The maximum atomic E-state index is 12.9. The molecule has 1 unspecified atom stereocenters. The standard InChI is InChI=1S/C16H19F3N4/c1-11-7-8-20-15(22-11)21-10-14(23(2)3)12-5-4-6-13(9-12)16(17,18)19/h4-9,14H,10H2,1-3H3,(H,20,21,22). The third-order valence-electron chi connectivity index (χ3n) is 3.47. The second kappa shape index (κ2) is 6.95. The second-order valence-electron chi connectivity index (χ2n) is 5.51. The molecule has 1 aromatic heterocycles. The third kappa shape index (κ3) is 4.66. The predicted molar refractivity (Wildman–Crippen MR) is 83.1 cm³/mol. The molecular weight excluding hydrogens is 305 g/mol. The third-order valence-corrected chi connectivity index (χ3v) is 3.47. The zero-order chi connectivity index (χ0) is 17.0. The van der Waals surface area contributed by atoms with Gasteiger partial charge in [0.15, 0.2) is 0 Å². The van der Waals surface area contributed by atoms with Gasteiger partial charge in [0.2, 0.25) is 5.95 Å². The maximum absolute atomic E-state index is 12.9. The molecule has 0 aliphatic carbocycles. The van der Waals surface area contributed by atoms with Crippen molar-refractivity contribution in [3.8, 4) is 0 Å². The number of benzene rings is 1. The van der Waals surface area contributed by atoms with Crippen molar-refractivity contribution in [1.29, 1.82) is 0 Å². The Morgan fingerprint density at radius 2 is 1.96 bits per heavy atom. The first kappa shape index (κ1) is 17.2. The van der Waals surface area contributed by atoms with E-state index in [0.717, 1.165) is 11.8 Å². The van der Waals surface area contributed by atoms with E-state index in [1.54, 1.807) is 18.3 Å². The summed E-state index contributed by atoms with van der Waals surface area (Å²) in [4.78, 5) is 10.2. The largest absolute Gasteiger partial charge is 0.416 e. The minimum absolute atomic E-state index is 0.235. The van der Waals surface area contributed by atoms with E-state index in [2.05, 4.69) is 15.3 Å². The number of nitrogens with one attached hydrogen (secondary N) is 1. The average molecular weight is 324 g/mol. The molecule has 7 heteroatoms. The Morgan fingerprint density at radius 1 is 1.22 bits per heavy atom. The van der Waals surface area contributed by atoms with Crippen LogP contribution in [0.5, 0.6) is 0 Å². The molecule has 0 amide bonds. The quantitative estimate of drug-likeness (QED) is 0.914. The lowest BCUT2D eigenvalue weighted by Crippen LogP contribution is -2.27. The Labute approximate surface area is 133 Å². The molecule has 1 aromatic carbocycles. The average Bonchev–Trinajstić information content (AvgIpc) is 2.46. The van der Waals surface area contributed by atoms with Gasteiger partial charge in [0.25, 0.3) is 0 Å². The number of halogens is 3. The molecule has 1 N–H and O–H groups in total. The summed E-state index contributed by atoms with van der Waals surface area (Å²) in [6.07, 6.45) is -2.71. The van der Waals surface area contributed by atoms with E-state index < -0.39 is 11.7 Å². The summed E-state index contributed by atoms with van der Waals surface area (Å²) >= 11 is 0. The fraction of sp³-hybridized carbons (Fsp3) is 0.375. The summed E-state index contributed by atoms with van der Waals surface area (Å²) in [6, 6.07) is 6.93. The van der Waals surface area contributed by atoms with Crippen LogP contribution in [0.25, 0.3) is 0 Å². The van der Waals surface area contributed by atoms with Crippen LogP contribution in [0, 0.1) is 6.92 Å². The molecule has 1 atom stereocenters. The van der Waals surface area contributed by atoms with E-state index in [0.29, 0.717) is 18.1 Å². The zero-order valence-electron chi connectivity index (χ0n) is 13.2. The summed E-state index contributed by atoms with van der Waals surface area (Å²) in [6.45, 7) is 2.25. The Hall–Kier alpha value is -2.15. The van der Waals surface area contributed by atoms with Crippen molar-refractivity contribution in [1.82, 2.24) is 14.9 Å². The lowest BCUT2D eigenvalue weighted by molar-refractivity contribution is -0.137. The van der Waals surface area contributed by atoms with Crippen molar-refractivity contribution < 1.29 is 13.2 Å². The molecule has 124 valence electrons. The predicted octanol–water partition coefficient (Wildman–Crippen LogP) is 3.52. The molecule has 0 aliphatic rings. The van der Waals surface area contributed by atoms with Gasteiger partial charge in [-0.05, 0) is 44.8 Å². The first-order valence-electron chi connectivity index (χ1n) is 7.14. The van der Waals surface area contributed by atoms with Crippen LogP contribution in [-0.2, 0) is 6.18 Å². The number of anilines is 1. The number of nitrogens with zero attached hydrogens (tertiary/aromatic N) is 3. The minimum atomic E-state index is -4.35. The van der Waals surface area contributed by atoms with Crippen LogP contribution in [0.1, 0.15) is 22.9 Å². The maximum Gasteiger partial charge on any atom is 0.416 e. The van der Waals surface area contributed by atoms with Crippen molar-refractivity contribution in [3.05, 3.63) is 53.3 Å². The SMILES string of the molecule is Cc1ccnc(NCC(c2cccc(C(F)(F)F)c2)N(C)C)n1. The van der Waals surface area contributed by atoms with Crippen molar-refractivity contribution in [2.24, 2.45) is 0 Å². The van der Waals surface area contributed by atoms with Crippen LogP contribution in [-0.4, -0.2) is 35.5 Å². The minimum Gasteiger partial charge on any atom is -0.352 e. The zero-order valence-corrected chi connectivity index (χ0v) is 13.2. The lowest BCUT2D eigenvalue weighted by Gasteiger charge is -2.25. The van der Waals surface area contributed by atoms with Crippen LogP contribution in [0.4, 0.5) is 19.1 Å². The Bertz CT molecular complexity index is 656. The van der Waals surface area contributed by atoms with Crippen LogP contribution >= 0.6 is 0 Å². The Balaban J connectivity index is 2.19. The molecule has 0 saturated heterocycles. The van der Waals surface area contributed by atoms with Crippen molar-refractivity contribution in [2.45, 2.75) is 19.1 Å². The van der Waals surface area contributed by atoms with E-state index in [-0.39, 0.29) is 6.04 Å². The van der Waals surface area contributed by atoms with Gasteiger partial charge in [-0.3, -0.25) is 0 Å². The monoisotopic (exact) mass is 324 g/mol. The normalized spacial score (nSPS) is 13.2. The molecule has 0 bridgehead atoms. The molecule has 0 fully saturated rings. The van der Waals surface area contributed by atoms with Gasteiger partial charge in [-0.25, -0.2) is 9.97 Å². The van der Waals surface area contributed by atoms with Gasteiger partial charge in [0.05, 0.1) is 11.6 Å². The summed E-state index contributed by atoms with van der Waals surface area (Å²) < 4.78 is 38.6. The first-order valence-corrected chi connectivity index (χ1v) is 7.14. The van der Waals surface area contributed by atoms with Crippen LogP contribution in [0.15, 0.2) is 36.5 Å². The van der Waals surface area contributed by atoms with Crippen molar-refractivity contribution in [3.63, 3.8) is 0 Å². The molecule has 23 heavy (non-hydrogen) atoms. The number of aryl methyl sites for hydroxylation is 1. The van der Waals surface area contributed by atoms with E-state index in [4.69, 9.17) is 0 Å². The highest BCUT2D eigenvalue weighted by atomic mass is 19.4. The number of hydrogen-bond donors (Lipinski definition) is 1. The topological polar surface area (TPSA) is 41.1 Å². The Kier molecular flexibility index (Phi) is 5.20. The summed E-state index contributed by atoms with van der Waals surface area (Å²) in [5, 5.41) is 3.08. The molecular formula is C16H19F3N4. The van der Waals surface area contributed by atoms with Crippen molar-refractivity contribution >= 4 is 5.95 Å². The number of likely N-dealkylation sites (N-methyl/N-ethyl adjacent to an activating group) is 1. The number of aromatic nitrogens is 2. The smallest absolute Gasteiger partial charge is 0.352 e. The Morgan fingerprint density at radius 3 is 2.57 bits per heavy atom. The molecule has 0 radical (unpaired) electrons. The van der Waals surface area contributed by atoms with Crippen LogP contribution in [0.3, 0.4) is 0 Å². The van der Waals surface area contributed by atoms with E-state index in [9.17, 15) is 13.2 Å². The van der Waals surface area contributed by atoms with Gasteiger partial charge in [-0.1, -0.05) is 12.1 Å². The molecule has 1 heterocycles. The van der Waals surface area contributed by atoms with E-state index >= 15 is 0 Å². The fourth-order valence-electron chi connectivity index (χ4n) is 2.24. The summed E-state index contributed by atoms with van der Waals surface area (Å²) in [5.74, 6) is 0.462. The van der Waals surface area contributed by atoms with Crippen LogP contribution in [0.2, 0.25) is 0 Å². The molecule has 4 nitrogen and oxygen atoms in total. The molecule has 0 aliphatic heterocycles. The number of alkyl halides is 3. The van der Waals surface area contributed by atoms with E-state index in [1.807, 2.05) is 25.9 Å². The molecule has 2 rings (SSSR count). The lowest BCUT2D eigenvalue weighted by atomic mass is 10.0. The highest BCUT2D eigenvalue weighted by Crippen LogP contribution is 2.31. The van der Waals surface area contributed by atoms with Gasteiger partial charge >= 0.3 is 6.18 Å². The first-order chi connectivity index (χ1) is 10.8. The van der Waals surface area contributed by atoms with Gasteiger partial charge in [0, 0.05) is 18.4 Å². The molecule has 0 spiro atoms. The highest BCUT2D eigenvalue weighted by Gasteiger charge is 2.31. The molecule has 2 aromatic rings. The van der Waals surface area contributed by atoms with Crippen LogP contribution < -0.4 is 5.32 Å². The summed E-state index contributed by atoms with van der Waals surface area (Å²) in [7, 11) is 3.65. The second-order valence-corrected chi connectivity index (χ2v) is 5.51.